The summed E-state index contributed by atoms with van der Waals surface area (Å²) in [5.74, 6) is 1.12. The van der Waals surface area contributed by atoms with Gasteiger partial charge < -0.3 is 20.1 Å². The molecule has 106 valence electrons. The molecule has 1 unspecified atom stereocenters. The molecule has 0 bridgehead atoms. The second kappa shape index (κ2) is 6.78. The van der Waals surface area contributed by atoms with E-state index in [2.05, 4.69) is 17.1 Å². The molecule has 4 nitrogen and oxygen atoms in total. The largest absolute Gasteiger partial charge is 0.508 e. The van der Waals surface area contributed by atoms with Gasteiger partial charge in [0, 0.05) is 24.7 Å². The molecule has 4 heteroatoms. The van der Waals surface area contributed by atoms with Crippen molar-refractivity contribution in [3.05, 3.63) is 23.8 Å². The predicted octanol–water partition coefficient (Wildman–Crippen LogP) is 1.97. The zero-order valence-corrected chi connectivity index (χ0v) is 11.9. The number of nitrogens with zero attached hydrogens (tertiary/aromatic N) is 1. The molecular weight excluding hydrogens is 240 g/mol. The summed E-state index contributed by atoms with van der Waals surface area (Å²) < 4.78 is 5.19. The third kappa shape index (κ3) is 3.85. The molecule has 1 aliphatic rings. The zero-order valence-electron chi connectivity index (χ0n) is 11.9. The van der Waals surface area contributed by atoms with Gasteiger partial charge in [0.2, 0.25) is 0 Å². The van der Waals surface area contributed by atoms with Gasteiger partial charge in [-0.2, -0.15) is 0 Å². The van der Waals surface area contributed by atoms with Crippen molar-refractivity contribution < 1.29 is 9.84 Å². The van der Waals surface area contributed by atoms with Crippen LogP contribution >= 0.6 is 0 Å². The summed E-state index contributed by atoms with van der Waals surface area (Å²) in [7, 11) is 1.64. The normalized spacial score (nSPS) is 20.4. The lowest BCUT2D eigenvalue weighted by molar-refractivity contribution is 0.198. The number of phenols is 1. The van der Waals surface area contributed by atoms with Gasteiger partial charge >= 0.3 is 0 Å². The van der Waals surface area contributed by atoms with Gasteiger partial charge in [0.15, 0.2) is 0 Å². The maximum atomic E-state index is 9.85. The lowest BCUT2D eigenvalue weighted by atomic mass is 10.1. The van der Waals surface area contributed by atoms with Crippen molar-refractivity contribution in [2.45, 2.75) is 32.4 Å². The van der Waals surface area contributed by atoms with Crippen LogP contribution in [0.5, 0.6) is 11.5 Å². The van der Waals surface area contributed by atoms with E-state index in [1.54, 1.807) is 19.2 Å². The Morgan fingerprint density at radius 2 is 2.32 bits per heavy atom. The Balaban J connectivity index is 1.91. The molecule has 0 aromatic heterocycles. The highest BCUT2D eigenvalue weighted by molar-refractivity contribution is 5.39. The van der Waals surface area contributed by atoms with Gasteiger partial charge in [-0.3, -0.25) is 0 Å². The average molecular weight is 264 g/mol. The first-order chi connectivity index (χ1) is 9.22. The standard InChI is InChI=1S/C15H24N2O2/c1-3-17-8-4-5-13(11-17)16-10-12-9-14(19-2)6-7-15(12)18/h6-7,9,13,16,18H,3-5,8,10-11H2,1-2H3. The number of aromatic hydroxyl groups is 1. The van der Waals surface area contributed by atoms with Crippen molar-refractivity contribution in [3.63, 3.8) is 0 Å². The molecule has 1 aliphatic heterocycles. The van der Waals surface area contributed by atoms with E-state index in [0.29, 0.717) is 18.3 Å². The Morgan fingerprint density at radius 1 is 1.47 bits per heavy atom. The van der Waals surface area contributed by atoms with Crippen LogP contribution in [0.1, 0.15) is 25.3 Å². The molecule has 1 fully saturated rings. The van der Waals surface area contributed by atoms with Crippen molar-refractivity contribution >= 4 is 0 Å². The van der Waals surface area contributed by atoms with Crippen molar-refractivity contribution in [1.29, 1.82) is 0 Å². The molecule has 0 aliphatic carbocycles. The SMILES string of the molecule is CCN1CCCC(NCc2cc(OC)ccc2O)C1. The highest BCUT2D eigenvalue weighted by atomic mass is 16.5. The minimum absolute atomic E-state index is 0.330. The molecule has 0 spiro atoms. The molecule has 1 heterocycles. The average Bonchev–Trinajstić information content (AvgIpc) is 2.46. The summed E-state index contributed by atoms with van der Waals surface area (Å²) in [6.45, 7) is 6.31. The molecule has 0 amide bonds. The summed E-state index contributed by atoms with van der Waals surface area (Å²) in [4.78, 5) is 2.46. The van der Waals surface area contributed by atoms with Gasteiger partial charge in [0.05, 0.1) is 7.11 Å². The first-order valence-electron chi connectivity index (χ1n) is 7.04. The van der Waals surface area contributed by atoms with E-state index in [1.165, 1.54) is 19.4 Å². The smallest absolute Gasteiger partial charge is 0.120 e. The number of likely N-dealkylation sites (N-methyl/N-ethyl adjacent to an activating group) is 1. The molecule has 19 heavy (non-hydrogen) atoms. The molecular formula is C15H24N2O2. The zero-order chi connectivity index (χ0) is 13.7. The van der Waals surface area contributed by atoms with Crippen LogP contribution in [-0.2, 0) is 6.54 Å². The summed E-state index contributed by atoms with van der Waals surface area (Å²) in [6, 6.07) is 5.87. The quantitative estimate of drug-likeness (QED) is 0.853. The number of benzene rings is 1. The molecule has 0 saturated carbocycles. The third-order valence-corrected chi connectivity index (χ3v) is 3.82. The van der Waals surface area contributed by atoms with Gasteiger partial charge in [0.1, 0.15) is 11.5 Å². The van der Waals surface area contributed by atoms with Gasteiger partial charge in [-0.1, -0.05) is 6.92 Å². The Labute approximate surface area is 115 Å². The first-order valence-corrected chi connectivity index (χ1v) is 7.04. The molecule has 2 N–H and O–H groups in total. The lowest BCUT2D eigenvalue weighted by Gasteiger charge is -2.32. The van der Waals surface area contributed by atoms with Crippen LogP contribution in [0.25, 0.3) is 0 Å². The van der Waals surface area contributed by atoms with Crippen molar-refractivity contribution in [1.82, 2.24) is 10.2 Å². The molecule has 1 aromatic carbocycles. The van der Waals surface area contributed by atoms with Crippen LogP contribution < -0.4 is 10.1 Å². The summed E-state index contributed by atoms with van der Waals surface area (Å²) >= 11 is 0. The van der Waals surface area contributed by atoms with Crippen molar-refractivity contribution in [3.8, 4) is 11.5 Å². The fraction of sp³-hybridized carbons (Fsp3) is 0.600. The Kier molecular flexibility index (Phi) is 5.05. The van der Waals surface area contributed by atoms with Gasteiger partial charge in [-0.25, -0.2) is 0 Å². The number of phenolic OH excluding ortho intramolecular Hbond substituents is 1. The topological polar surface area (TPSA) is 44.7 Å². The minimum Gasteiger partial charge on any atom is -0.508 e. The Morgan fingerprint density at radius 3 is 3.05 bits per heavy atom. The molecule has 1 aromatic rings. The number of hydrogen-bond acceptors (Lipinski definition) is 4. The number of likely N-dealkylation sites (tertiary alicyclic amines) is 1. The second-order valence-electron chi connectivity index (χ2n) is 5.11. The number of methoxy groups -OCH3 is 1. The highest BCUT2D eigenvalue weighted by Crippen LogP contribution is 2.23. The van der Waals surface area contributed by atoms with Gasteiger partial charge in [-0.15, -0.1) is 0 Å². The lowest BCUT2D eigenvalue weighted by Crippen LogP contribution is -2.45. The highest BCUT2D eigenvalue weighted by Gasteiger charge is 2.18. The molecule has 1 atom stereocenters. The number of ether oxygens (including phenoxy) is 1. The molecule has 0 radical (unpaired) electrons. The monoisotopic (exact) mass is 264 g/mol. The Bertz CT molecular complexity index is 409. The fourth-order valence-corrected chi connectivity index (χ4v) is 2.59. The van der Waals surface area contributed by atoms with E-state index in [4.69, 9.17) is 4.74 Å². The molecule has 1 saturated heterocycles. The van der Waals surface area contributed by atoms with Gasteiger partial charge in [0.25, 0.3) is 0 Å². The van der Waals surface area contributed by atoms with E-state index in [-0.39, 0.29) is 0 Å². The number of rotatable bonds is 5. The third-order valence-electron chi connectivity index (χ3n) is 3.82. The van der Waals surface area contributed by atoms with Crippen LogP contribution in [0.2, 0.25) is 0 Å². The van der Waals surface area contributed by atoms with Crippen LogP contribution in [0.3, 0.4) is 0 Å². The van der Waals surface area contributed by atoms with E-state index in [0.717, 1.165) is 24.4 Å². The minimum atomic E-state index is 0.330. The van der Waals surface area contributed by atoms with E-state index < -0.39 is 0 Å². The fourth-order valence-electron chi connectivity index (χ4n) is 2.59. The number of hydrogen-bond donors (Lipinski definition) is 2. The van der Waals surface area contributed by atoms with Crippen molar-refractivity contribution in [2.75, 3.05) is 26.7 Å². The predicted molar refractivity (Wildman–Crippen MR) is 76.6 cm³/mol. The van der Waals surface area contributed by atoms with E-state index in [9.17, 15) is 5.11 Å². The van der Waals surface area contributed by atoms with Crippen molar-refractivity contribution in [2.24, 2.45) is 0 Å². The number of nitrogens with one attached hydrogen (secondary N) is 1. The van der Waals surface area contributed by atoms with Crippen LogP contribution in [0.4, 0.5) is 0 Å². The number of piperidine rings is 1. The first kappa shape index (κ1) is 14.2. The Hall–Kier alpha value is -1.26. The van der Waals surface area contributed by atoms with Gasteiger partial charge in [-0.05, 0) is 44.1 Å². The molecule has 2 rings (SSSR count). The van der Waals surface area contributed by atoms with Crippen LogP contribution in [0.15, 0.2) is 18.2 Å². The maximum Gasteiger partial charge on any atom is 0.120 e. The summed E-state index contributed by atoms with van der Waals surface area (Å²) in [6.07, 6.45) is 2.46. The van der Waals surface area contributed by atoms with E-state index in [1.807, 2.05) is 6.07 Å². The van der Waals surface area contributed by atoms with Crippen LogP contribution in [0, 0.1) is 0 Å². The van der Waals surface area contributed by atoms with E-state index >= 15 is 0 Å². The summed E-state index contributed by atoms with van der Waals surface area (Å²) in [5, 5.41) is 13.4. The maximum absolute atomic E-state index is 9.85. The van der Waals surface area contributed by atoms with Crippen LogP contribution in [-0.4, -0.2) is 42.8 Å². The second-order valence-corrected chi connectivity index (χ2v) is 5.11. The summed E-state index contributed by atoms with van der Waals surface area (Å²) in [5.41, 5.74) is 0.896.